The fourth-order valence-corrected chi connectivity index (χ4v) is 5.77. The summed E-state index contributed by atoms with van der Waals surface area (Å²) in [5.41, 5.74) is 3.53. The minimum atomic E-state index is 0.402. The van der Waals surface area contributed by atoms with Gasteiger partial charge in [0, 0.05) is 18.0 Å². The van der Waals surface area contributed by atoms with Crippen molar-refractivity contribution in [2.24, 2.45) is 5.92 Å². The molecule has 2 nitrogen and oxygen atoms in total. The number of nitrogens with zero attached hydrogens (tertiary/aromatic N) is 1. The van der Waals surface area contributed by atoms with Gasteiger partial charge in [0.05, 0.1) is 11.6 Å². The molecule has 1 saturated carbocycles. The Labute approximate surface area is 129 Å². The van der Waals surface area contributed by atoms with Gasteiger partial charge in [-0.25, -0.2) is 0 Å². The van der Waals surface area contributed by atoms with Crippen LogP contribution in [0.25, 0.3) is 0 Å². The number of likely N-dealkylation sites (tertiary alicyclic amines) is 1. The van der Waals surface area contributed by atoms with Gasteiger partial charge in [0.2, 0.25) is 0 Å². The predicted octanol–water partition coefficient (Wildman–Crippen LogP) is 3.76. The first-order chi connectivity index (χ1) is 9.65. The fraction of sp³-hybridized carbons (Fsp3) is 0.647. The van der Waals surface area contributed by atoms with Gasteiger partial charge in [0.15, 0.2) is 0 Å². The van der Waals surface area contributed by atoms with Gasteiger partial charge in [0.25, 0.3) is 0 Å². The van der Waals surface area contributed by atoms with Crippen LogP contribution in [-0.4, -0.2) is 31.6 Å². The maximum Gasteiger partial charge on any atom is 0.133 e. The SMILES string of the molecule is COc1cc2c(cc1Br)C[C@H]1C3CCCC[C@@]23CN1C. The molecule has 2 aliphatic carbocycles. The maximum absolute atomic E-state index is 5.56. The maximum atomic E-state index is 5.56. The Balaban J connectivity index is 1.91. The highest BCUT2D eigenvalue weighted by Gasteiger charge is 2.56. The van der Waals surface area contributed by atoms with E-state index in [0.29, 0.717) is 5.41 Å². The largest absolute Gasteiger partial charge is 0.496 e. The van der Waals surface area contributed by atoms with Crippen LogP contribution in [-0.2, 0) is 11.8 Å². The molecule has 3 aliphatic rings. The van der Waals surface area contributed by atoms with Gasteiger partial charge < -0.3 is 9.64 Å². The van der Waals surface area contributed by atoms with Crippen molar-refractivity contribution in [2.75, 3.05) is 20.7 Å². The van der Waals surface area contributed by atoms with Crippen molar-refractivity contribution < 1.29 is 4.74 Å². The van der Waals surface area contributed by atoms with E-state index in [1.165, 1.54) is 38.6 Å². The minimum Gasteiger partial charge on any atom is -0.496 e. The Kier molecular flexibility index (Phi) is 2.94. The first-order valence-corrected chi connectivity index (χ1v) is 8.52. The Morgan fingerprint density at radius 1 is 1.35 bits per heavy atom. The summed E-state index contributed by atoms with van der Waals surface area (Å²) in [5.74, 6) is 1.86. The molecular weight excluding hydrogens is 314 g/mol. The van der Waals surface area contributed by atoms with Crippen LogP contribution >= 0.6 is 15.9 Å². The molecule has 0 N–H and O–H groups in total. The smallest absolute Gasteiger partial charge is 0.133 e. The molecule has 2 bridgehead atoms. The van der Waals surface area contributed by atoms with Gasteiger partial charge in [0.1, 0.15) is 5.75 Å². The van der Waals surface area contributed by atoms with Crippen molar-refractivity contribution in [1.82, 2.24) is 4.90 Å². The summed E-state index contributed by atoms with van der Waals surface area (Å²) in [4.78, 5) is 2.62. The molecule has 1 unspecified atom stereocenters. The highest BCUT2D eigenvalue weighted by Crippen LogP contribution is 2.56. The van der Waals surface area contributed by atoms with Gasteiger partial charge in [-0.15, -0.1) is 0 Å². The summed E-state index contributed by atoms with van der Waals surface area (Å²) in [6.45, 7) is 1.24. The molecule has 2 fully saturated rings. The second-order valence-electron chi connectivity index (χ2n) is 6.84. The van der Waals surface area contributed by atoms with Crippen LogP contribution in [0.1, 0.15) is 36.8 Å². The average molecular weight is 336 g/mol. The van der Waals surface area contributed by atoms with Crippen molar-refractivity contribution in [2.45, 2.75) is 43.6 Å². The van der Waals surface area contributed by atoms with Crippen LogP contribution < -0.4 is 4.74 Å². The second kappa shape index (κ2) is 4.48. The number of hydrogen-bond acceptors (Lipinski definition) is 2. The van der Waals surface area contributed by atoms with E-state index in [-0.39, 0.29) is 0 Å². The van der Waals surface area contributed by atoms with Gasteiger partial charge in [-0.05, 0) is 71.4 Å². The van der Waals surface area contributed by atoms with E-state index in [1.54, 1.807) is 18.2 Å². The number of methoxy groups -OCH3 is 1. The summed E-state index contributed by atoms with van der Waals surface area (Å²) >= 11 is 3.66. The topological polar surface area (TPSA) is 12.5 Å². The summed E-state index contributed by atoms with van der Waals surface area (Å²) in [5, 5.41) is 0. The van der Waals surface area contributed by atoms with Crippen LogP contribution in [0.4, 0.5) is 0 Å². The molecular formula is C17H22BrNO. The molecule has 0 aromatic heterocycles. The zero-order chi connectivity index (χ0) is 13.9. The molecule has 108 valence electrons. The lowest BCUT2D eigenvalue weighted by molar-refractivity contribution is 0.191. The Morgan fingerprint density at radius 3 is 3.00 bits per heavy atom. The van der Waals surface area contributed by atoms with Crippen LogP contribution in [0.5, 0.6) is 5.75 Å². The number of fused-ring (bicyclic) bond motifs is 1. The van der Waals surface area contributed by atoms with E-state index in [1.807, 2.05) is 0 Å². The van der Waals surface area contributed by atoms with E-state index < -0.39 is 0 Å². The summed E-state index contributed by atoms with van der Waals surface area (Å²) in [6, 6.07) is 5.39. The van der Waals surface area contributed by atoms with Crippen LogP contribution in [0, 0.1) is 5.92 Å². The third kappa shape index (κ3) is 1.59. The molecule has 1 aromatic rings. The van der Waals surface area contributed by atoms with E-state index in [4.69, 9.17) is 4.74 Å². The molecule has 0 spiro atoms. The standard InChI is InChI=1S/C17H22BrNO/c1-19-10-17-6-4-3-5-12(17)15(19)8-11-7-14(18)16(20-2)9-13(11)17/h7,9,12,15H,3-6,8,10H2,1-2H3/t12?,15-,17-/m0/s1. The van der Waals surface area contributed by atoms with Crippen molar-refractivity contribution in [3.8, 4) is 5.75 Å². The first kappa shape index (κ1) is 13.1. The Hall–Kier alpha value is -0.540. The lowest BCUT2D eigenvalue weighted by Gasteiger charge is -2.45. The fourth-order valence-electron chi connectivity index (χ4n) is 5.22. The van der Waals surface area contributed by atoms with Crippen molar-refractivity contribution in [3.63, 3.8) is 0 Å². The minimum absolute atomic E-state index is 0.402. The third-order valence-corrected chi connectivity index (χ3v) is 6.62. The van der Waals surface area contributed by atoms with E-state index in [9.17, 15) is 0 Å². The number of likely N-dealkylation sites (N-methyl/N-ethyl adjacent to an activating group) is 1. The highest BCUT2D eigenvalue weighted by atomic mass is 79.9. The number of ether oxygens (including phenoxy) is 1. The average Bonchev–Trinajstić information content (AvgIpc) is 2.67. The third-order valence-electron chi connectivity index (χ3n) is 6.00. The molecule has 3 atom stereocenters. The van der Waals surface area contributed by atoms with Crippen LogP contribution in [0.3, 0.4) is 0 Å². The number of benzene rings is 1. The quantitative estimate of drug-likeness (QED) is 0.774. The number of hydrogen-bond donors (Lipinski definition) is 0. The van der Waals surface area contributed by atoms with E-state index in [0.717, 1.165) is 22.2 Å². The first-order valence-electron chi connectivity index (χ1n) is 7.73. The zero-order valence-electron chi connectivity index (χ0n) is 12.3. The van der Waals surface area contributed by atoms with Crippen LogP contribution in [0.15, 0.2) is 16.6 Å². The van der Waals surface area contributed by atoms with Crippen molar-refractivity contribution >= 4 is 15.9 Å². The second-order valence-corrected chi connectivity index (χ2v) is 7.69. The Bertz CT molecular complexity index is 558. The molecule has 1 aliphatic heterocycles. The summed E-state index contributed by atoms with van der Waals surface area (Å²) in [6.07, 6.45) is 6.78. The monoisotopic (exact) mass is 335 g/mol. The molecule has 1 heterocycles. The lowest BCUT2D eigenvalue weighted by Crippen LogP contribution is -2.44. The Morgan fingerprint density at radius 2 is 2.20 bits per heavy atom. The normalized spacial score (nSPS) is 35.5. The molecule has 4 rings (SSSR count). The van der Waals surface area contributed by atoms with Gasteiger partial charge in [-0.3, -0.25) is 0 Å². The molecule has 0 radical (unpaired) electrons. The van der Waals surface area contributed by atoms with Gasteiger partial charge in [-0.1, -0.05) is 12.8 Å². The summed E-state index contributed by atoms with van der Waals surface area (Å²) in [7, 11) is 4.10. The van der Waals surface area contributed by atoms with Gasteiger partial charge >= 0.3 is 0 Å². The molecule has 3 heteroatoms. The van der Waals surface area contributed by atoms with Gasteiger partial charge in [-0.2, -0.15) is 0 Å². The van der Waals surface area contributed by atoms with Crippen LogP contribution in [0.2, 0.25) is 0 Å². The van der Waals surface area contributed by atoms with E-state index in [2.05, 4.69) is 40.0 Å². The van der Waals surface area contributed by atoms with E-state index >= 15 is 0 Å². The lowest BCUT2D eigenvalue weighted by atomic mass is 9.58. The zero-order valence-corrected chi connectivity index (χ0v) is 13.9. The highest BCUT2D eigenvalue weighted by molar-refractivity contribution is 9.10. The summed E-state index contributed by atoms with van der Waals surface area (Å²) < 4.78 is 6.66. The molecule has 1 aromatic carbocycles. The van der Waals surface area contributed by atoms with Crippen molar-refractivity contribution in [1.29, 1.82) is 0 Å². The number of halogens is 1. The molecule has 0 amide bonds. The molecule has 1 saturated heterocycles. The number of rotatable bonds is 1. The van der Waals surface area contributed by atoms with Crippen molar-refractivity contribution in [3.05, 3.63) is 27.7 Å². The predicted molar refractivity (Wildman–Crippen MR) is 84.5 cm³/mol. The molecule has 20 heavy (non-hydrogen) atoms.